The van der Waals surface area contributed by atoms with Crippen molar-refractivity contribution in [3.05, 3.63) is 66.5 Å². The van der Waals surface area contributed by atoms with Gasteiger partial charge in [-0.2, -0.15) is 0 Å². The molecule has 3 rings (SSSR count). The summed E-state index contributed by atoms with van der Waals surface area (Å²) >= 11 is 0. The van der Waals surface area contributed by atoms with Gasteiger partial charge in [0.2, 0.25) is 0 Å². The maximum absolute atomic E-state index is 12.5. The average Bonchev–Trinajstić information content (AvgIpc) is 3.27. The zero-order valence-corrected chi connectivity index (χ0v) is 15.6. The third kappa shape index (κ3) is 4.37. The smallest absolute Gasteiger partial charge is 0.338 e. The van der Waals surface area contributed by atoms with Gasteiger partial charge in [-0.25, -0.2) is 9.78 Å². The van der Waals surface area contributed by atoms with Gasteiger partial charge in [-0.15, -0.1) is 0 Å². The lowest BCUT2D eigenvalue weighted by Gasteiger charge is -2.17. The van der Waals surface area contributed by atoms with Gasteiger partial charge in [0, 0.05) is 18.0 Å². The number of nitrogens with zero attached hydrogens (tertiary/aromatic N) is 1. The third-order valence-corrected chi connectivity index (χ3v) is 4.17. The van der Waals surface area contributed by atoms with Gasteiger partial charge in [-0.3, -0.25) is 4.79 Å². The molecule has 7 heteroatoms. The summed E-state index contributed by atoms with van der Waals surface area (Å²) in [6.45, 7) is 1.78. The molecule has 0 fully saturated rings. The topological polar surface area (TPSA) is 93.3 Å². The normalized spacial score (nSPS) is 11.5. The first-order valence-corrected chi connectivity index (χ1v) is 8.87. The van der Waals surface area contributed by atoms with Crippen LogP contribution in [0.1, 0.15) is 23.7 Å². The maximum Gasteiger partial charge on any atom is 0.338 e. The van der Waals surface area contributed by atoms with Crippen LogP contribution in [-0.4, -0.2) is 35.1 Å². The molecule has 1 aromatic heterocycles. The molecule has 0 saturated heterocycles. The van der Waals surface area contributed by atoms with Crippen LogP contribution in [0.15, 0.2) is 60.9 Å². The van der Waals surface area contributed by atoms with E-state index >= 15 is 0 Å². The second kappa shape index (κ2) is 8.85. The lowest BCUT2D eigenvalue weighted by molar-refractivity contribution is -0.124. The van der Waals surface area contributed by atoms with Crippen LogP contribution < -0.4 is 10.1 Å². The fraction of sp³-hybridized carbons (Fsp3) is 0.190. The van der Waals surface area contributed by atoms with Gasteiger partial charge < -0.3 is 19.8 Å². The van der Waals surface area contributed by atoms with E-state index in [1.807, 2.05) is 0 Å². The Balaban J connectivity index is 1.66. The van der Waals surface area contributed by atoms with E-state index in [1.54, 1.807) is 67.8 Å². The minimum atomic E-state index is -0.915. The first-order chi connectivity index (χ1) is 13.6. The number of imidazole rings is 1. The number of nitrogens with one attached hydrogen (secondary N) is 2. The molecule has 0 spiro atoms. The van der Waals surface area contributed by atoms with Crippen molar-refractivity contribution in [3.8, 4) is 17.1 Å². The number of aromatic nitrogens is 2. The molecule has 1 atom stereocenters. The van der Waals surface area contributed by atoms with Crippen LogP contribution in [0, 0.1) is 0 Å². The number of rotatable bonds is 7. The summed E-state index contributed by atoms with van der Waals surface area (Å²) in [7, 11) is 1.52. The van der Waals surface area contributed by atoms with E-state index < -0.39 is 18.0 Å². The van der Waals surface area contributed by atoms with E-state index in [1.165, 1.54) is 7.11 Å². The highest BCUT2D eigenvalue weighted by molar-refractivity contribution is 5.98. The van der Waals surface area contributed by atoms with E-state index in [0.717, 1.165) is 5.56 Å². The Morgan fingerprint density at radius 1 is 1.14 bits per heavy atom. The number of aromatic amines is 1. The molecule has 2 N–H and O–H groups in total. The van der Waals surface area contributed by atoms with Crippen molar-refractivity contribution in [1.29, 1.82) is 0 Å². The van der Waals surface area contributed by atoms with Crippen LogP contribution in [0.5, 0.6) is 5.75 Å². The summed E-state index contributed by atoms with van der Waals surface area (Å²) in [5, 5.41) is 2.74. The van der Waals surface area contributed by atoms with Crippen molar-refractivity contribution < 1.29 is 19.1 Å². The molecule has 0 saturated carbocycles. The van der Waals surface area contributed by atoms with Crippen LogP contribution in [0.2, 0.25) is 0 Å². The molecule has 0 radical (unpaired) electrons. The Labute approximate surface area is 162 Å². The van der Waals surface area contributed by atoms with Crippen molar-refractivity contribution in [3.63, 3.8) is 0 Å². The molecule has 0 bridgehead atoms. The van der Waals surface area contributed by atoms with Gasteiger partial charge in [0.05, 0.1) is 18.4 Å². The molecule has 3 aromatic rings. The minimum absolute atomic E-state index is 0.344. The van der Waals surface area contributed by atoms with Gasteiger partial charge in [0.1, 0.15) is 11.6 Å². The molecule has 1 unspecified atom stereocenters. The monoisotopic (exact) mass is 379 g/mol. The fourth-order valence-corrected chi connectivity index (χ4v) is 2.67. The molecule has 1 amide bonds. The number of carbonyl (C=O) groups is 2. The summed E-state index contributed by atoms with van der Waals surface area (Å²) < 4.78 is 10.6. The van der Waals surface area contributed by atoms with Crippen LogP contribution >= 0.6 is 0 Å². The number of H-pyrrole nitrogens is 1. The number of amides is 1. The number of benzene rings is 2. The lowest BCUT2D eigenvalue weighted by atomic mass is 10.1. The Kier molecular flexibility index (Phi) is 6.06. The summed E-state index contributed by atoms with van der Waals surface area (Å²) in [6.07, 6.45) is 2.81. The van der Waals surface area contributed by atoms with Crippen molar-refractivity contribution in [1.82, 2.24) is 9.97 Å². The van der Waals surface area contributed by atoms with E-state index in [0.29, 0.717) is 29.2 Å². The quantitative estimate of drug-likeness (QED) is 0.611. The highest BCUT2D eigenvalue weighted by atomic mass is 16.5. The molecule has 144 valence electrons. The van der Waals surface area contributed by atoms with Gasteiger partial charge in [0.25, 0.3) is 5.91 Å². The molecule has 0 aliphatic heterocycles. The Hall–Kier alpha value is -3.61. The second-order valence-electron chi connectivity index (χ2n) is 6.01. The van der Waals surface area contributed by atoms with Crippen molar-refractivity contribution >= 4 is 17.6 Å². The molecular formula is C21H21N3O4. The van der Waals surface area contributed by atoms with Crippen molar-refractivity contribution in [2.45, 2.75) is 19.4 Å². The minimum Gasteiger partial charge on any atom is -0.495 e. The number of methoxy groups -OCH3 is 1. The van der Waals surface area contributed by atoms with Gasteiger partial charge in [0.15, 0.2) is 6.10 Å². The second-order valence-corrected chi connectivity index (χ2v) is 6.01. The summed E-state index contributed by atoms with van der Waals surface area (Å²) in [6, 6.07) is 13.9. The number of carbonyl (C=O) groups excluding carboxylic acids is 2. The highest BCUT2D eigenvalue weighted by Gasteiger charge is 2.23. The SMILES string of the molecule is CCC(OC(=O)c1ccc(-c2ncc[nH]2)cc1)C(=O)Nc1ccccc1OC. The summed E-state index contributed by atoms with van der Waals surface area (Å²) in [5.74, 6) is 0.272. The number of para-hydroxylation sites is 2. The molecule has 0 aliphatic carbocycles. The summed E-state index contributed by atoms with van der Waals surface area (Å²) in [4.78, 5) is 32.1. The van der Waals surface area contributed by atoms with Gasteiger partial charge in [-0.1, -0.05) is 31.2 Å². The molecule has 1 heterocycles. The van der Waals surface area contributed by atoms with Gasteiger partial charge >= 0.3 is 5.97 Å². The van der Waals surface area contributed by atoms with E-state index in [9.17, 15) is 9.59 Å². The largest absolute Gasteiger partial charge is 0.495 e. The number of ether oxygens (including phenoxy) is 2. The highest BCUT2D eigenvalue weighted by Crippen LogP contribution is 2.24. The fourth-order valence-electron chi connectivity index (χ4n) is 2.67. The molecular weight excluding hydrogens is 358 g/mol. The van der Waals surface area contributed by atoms with E-state index in [-0.39, 0.29) is 0 Å². The zero-order valence-electron chi connectivity index (χ0n) is 15.6. The molecule has 28 heavy (non-hydrogen) atoms. The Morgan fingerprint density at radius 2 is 1.89 bits per heavy atom. The summed E-state index contributed by atoms with van der Waals surface area (Å²) in [5.41, 5.74) is 1.73. The molecule has 0 aliphatic rings. The first kappa shape index (κ1) is 19.2. The van der Waals surface area contributed by atoms with Crippen LogP contribution in [-0.2, 0) is 9.53 Å². The van der Waals surface area contributed by atoms with E-state index in [2.05, 4.69) is 15.3 Å². The van der Waals surface area contributed by atoms with Crippen LogP contribution in [0.25, 0.3) is 11.4 Å². The lowest BCUT2D eigenvalue weighted by Crippen LogP contribution is -2.32. The van der Waals surface area contributed by atoms with Crippen molar-refractivity contribution in [2.24, 2.45) is 0 Å². The average molecular weight is 379 g/mol. The number of esters is 1. The third-order valence-electron chi connectivity index (χ3n) is 4.17. The number of anilines is 1. The van der Waals surface area contributed by atoms with Gasteiger partial charge in [-0.05, 0) is 30.7 Å². The number of hydrogen-bond acceptors (Lipinski definition) is 5. The Morgan fingerprint density at radius 3 is 2.54 bits per heavy atom. The molecule has 2 aromatic carbocycles. The number of hydrogen-bond donors (Lipinski definition) is 2. The van der Waals surface area contributed by atoms with E-state index in [4.69, 9.17) is 9.47 Å². The zero-order chi connectivity index (χ0) is 19.9. The molecule has 7 nitrogen and oxygen atoms in total. The van der Waals surface area contributed by atoms with Crippen molar-refractivity contribution in [2.75, 3.05) is 12.4 Å². The van der Waals surface area contributed by atoms with Crippen LogP contribution in [0.4, 0.5) is 5.69 Å². The van der Waals surface area contributed by atoms with Crippen LogP contribution in [0.3, 0.4) is 0 Å². The first-order valence-electron chi connectivity index (χ1n) is 8.87. The Bertz CT molecular complexity index is 937. The maximum atomic E-state index is 12.5. The predicted molar refractivity (Wildman–Crippen MR) is 105 cm³/mol. The predicted octanol–water partition coefficient (Wildman–Crippen LogP) is 3.66. The standard InChI is InChI=1S/C21H21N3O4/c1-3-17(20(25)24-16-6-4-5-7-18(16)27-2)28-21(26)15-10-8-14(9-11-15)19-22-12-13-23-19/h4-13,17H,3H2,1-2H3,(H,22,23)(H,24,25).